The van der Waals surface area contributed by atoms with Crippen LogP contribution < -0.4 is 10.6 Å². The Hall–Kier alpha value is -2.84. The van der Waals surface area contributed by atoms with Gasteiger partial charge in [0.25, 0.3) is 5.91 Å². The molecule has 0 aliphatic carbocycles. The van der Waals surface area contributed by atoms with Gasteiger partial charge in [-0.2, -0.15) is 0 Å². The van der Waals surface area contributed by atoms with Gasteiger partial charge in [-0.15, -0.1) is 0 Å². The summed E-state index contributed by atoms with van der Waals surface area (Å²) in [6.45, 7) is 0.405. The number of H-pyrrole nitrogens is 1. The smallest absolute Gasteiger partial charge is 0.259 e. The fraction of sp³-hybridized carbons (Fsp3) is 0.176. The molecule has 1 fully saturated rings. The molecule has 2 aromatic carbocycles. The van der Waals surface area contributed by atoms with E-state index in [1.165, 1.54) is 0 Å². The largest absolute Gasteiger partial charge is 0.377 e. The number of nitrogens with one attached hydrogen (secondary N) is 3. The number of halogens is 2. The molecule has 4 rings (SSSR count). The molecule has 1 aliphatic heterocycles. The number of fused-ring (bicyclic) bond motifs is 1. The van der Waals surface area contributed by atoms with Crippen molar-refractivity contribution in [3.05, 3.63) is 48.0 Å². The van der Waals surface area contributed by atoms with Gasteiger partial charge in [0.2, 0.25) is 0 Å². The van der Waals surface area contributed by atoms with E-state index < -0.39 is 23.1 Å². The van der Waals surface area contributed by atoms with Crippen molar-refractivity contribution < 1.29 is 18.7 Å². The highest BCUT2D eigenvalue weighted by atomic mass is 19.1. The van der Waals surface area contributed by atoms with E-state index in [1.807, 2.05) is 0 Å². The summed E-state index contributed by atoms with van der Waals surface area (Å²) in [5, 5.41) is 15.5. The molecule has 2 heterocycles. The van der Waals surface area contributed by atoms with Crippen molar-refractivity contribution in [1.82, 2.24) is 15.3 Å². The van der Waals surface area contributed by atoms with Crippen molar-refractivity contribution in [2.45, 2.75) is 5.60 Å². The monoisotopic (exact) mass is 344 g/mol. The van der Waals surface area contributed by atoms with Gasteiger partial charge < -0.3 is 20.7 Å². The molecular weight excluding hydrogens is 330 g/mol. The van der Waals surface area contributed by atoms with Gasteiger partial charge in [-0.25, -0.2) is 13.8 Å². The maximum Gasteiger partial charge on any atom is 0.259 e. The van der Waals surface area contributed by atoms with Crippen molar-refractivity contribution in [2.75, 3.05) is 18.4 Å². The highest BCUT2D eigenvalue weighted by Gasteiger charge is 2.42. The van der Waals surface area contributed by atoms with E-state index >= 15 is 0 Å². The standard InChI is InChI=1S/C17H14F2N4O2/c18-9-1-3-12(19)11(5-9)15-22-13-4-2-10(6-14(13)23-15)21-16(24)17(25)7-20-8-17/h1-6,20,25H,7-8H2,(H,21,24)(H,22,23). The molecule has 1 aliphatic rings. The number of aromatic nitrogens is 2. The van der Waals surface area contributed by atoms with Gasteiger partial charge >= 0.3 is 0 Å². The van der Waals surface area contributed by atoms with Crippen LogP contribution in [0, 0.1) is 11.6 Å². The van der Waals surface area contributed by atoms with E-state index in [0.29, 0.717) is 16.7 Å². The van der Waals surface area contributed by atoms with E-state index in [9.17, 15) is 18.7 Å². The molecule has 8 heteroatoms. The third kappa shape index (κ3) is 2.75. The summed E-state index contributed by atoms with van der Waals surface area (Å²) in [6.07, 6.45) is 0. The van der Waals surface area contributed by atoms with Crippen molar-refractivity contribution in [2.24, 2.45) is 0 Å². The summed E-state index contributed by atoms with van der Waals surface area (Å²) in [6, 6.07) is 8.03. The lowest BCUT2D eigenvalue weighted by molar-refractivity contribution is -0.138. The van der Waals surface area contributed by atoms with Crippen molar-refractivity contribution >= 4 is 22.6 Å². The lowest BCUT2D eigenvalue weighted by Crippen LogP contribution is -2.65. The van der Waals surface area contributed by atoms with Gasteiger partial charge in [0.15, 0.2) is 5.60 Å². The molecule has 6 nitrogen and oxygen atoms in total. The minimum absolute atomic E-state index is 0.0247. The highest BCUT2D eigenvalue weighted by molar-refractivity contribution is 5.99. The fourth-order valence-corrected chi connectivity index (χ4v) is 2.66. The predicted octanol–water partition coefficient (Wildman–Crippen LogP) is 1.78. The number of rotatable bonds is 3. The number of aliphatic hydroxyl groups is 1. The molecule has 1 aromatic heterocycles. The zero-order valence-electron chi connectivity index (χ0n) is 12.9. The molecule has 3 aromatic rings. The molecule has 4 N–H and O–H groups in total. The van der Waals surface area contributed by atoms with Crippen LogP contribution in [-0.4, -0.2) is 39.7 Å². The number of carbonyl (C=O) groups is 1. The number of anilines is 1. The Morgan fingerprint density at radius 1 is 1.20 bits per heavy atom. The molecule has 0 bridgehead atoms. The van der Waals surface area contributed by atoms with Crippen LogP contribution in [0.1, 0.15) is 0 Å². The topological polar surface area (TPSA) is 90.0 Å². The maximum atomic E-state index is 13.9. The van der Waals surface area contributed by atoms with E-state index in [-0.39, 0.29) is 24.5 Å². The number of hydrogen-bond acceptors (Lipinski definition) is 4. The number of aromatic amines is 1. The maximum absolute atomic E-state index is 13.9. The quantitative estimate of drug-likeness (QED) is 0.583. The summed E-state index contributed by atoms with van der Waals surface area (Å²) in [5.74, 6) is -1.46. The van der Waals surface area contributed by atoms with Gasteiger partial charge in [0, 0.05) is 18.8 Å². The van der Waals surface area contributed by atoms with Gasteiger partial charge in [-0.05, 0) is 36.4 Å². The van der Waals surface area contributed by atoms with Crippen LogP contribution in [0.4, 0.5) is 14.5 Å². The van der Waals surface area contributed by atoms with E-state index in [1.54, 1.807) is 18.2 Å². The lowest BCUT2D eigenvalue weighted by Gasteiger charge is -2.35. The summed E-state index contributed by atoms with van der Waals surface area (Å²) in [4.78, 5) is 19.2. The summed E-state index contributed by atoms with van der Waals surface area (Å²) in [5.41, 5.74) is 0.180. The van der Waals surface area contributed by atoms with E-state index in [2.05, 4.69) is 20.6 Å². The minimum Gasteiger partial charge on any atom is -0.377 e. The molecule has 1 amide bonds. The highest BCUT2D eigenvalue weighted by Crippen LogP contribution is 2.26. The van der Waals surface area contributed by atoms with Crippen molar-refractivity contribution in [3.63, 3.8) is 0 Å². The molecule has 0 atom stereocenters. The zero-order chi connectivity index (χ0) is 17.6. The normalized spacial score (nSPS) is 15.8. The number of benzene rings is 2. The second kappa shape index (κ2) is 5.61. The average Bonchev–Trinajstić information content (AvgIpc) is 2.97. The second-order valence-electron chi connectivity index (χ2n) is 6.03. The Bertz CT molecular complexity index is 982. The number of β-amino-alcohol motifs (C(OH)–C–C–N with tert-alkyl or cyclic N) is 1. The predicted molar refractivity (Wildman–Crippen MR) is 87.9 cm³/mol. The number of amides is 1. The molecule has 128 valence electrons. The second-order valence-corrected chi connectivity index (χ2v) is 6.03. The van der Waals surface area contributed by atoms with E-state index in [0.717, 1.165) is 18.2 Å². The molecule has 0 unspecified atom stereocenters. The lowest BCUT2D eigenvalue weighted by atomic mass is 9.96. The third-order valence-corrected chi connectivity index (χ3v) is 4.18. The first kappa shape index (κ1) is 15.7. The number of imidazole rings is 1. The van der Waals surface area contributed by atoms with Crippen molar-refractivity contribution in [1.29, 1.82) is 0 Å². The summed E-state index contributed by atoms with van der Waals surface area (Å²) >= 11 is 0. The Balaban J connectivity index is 1.65. The van der Waals surface area contributed by atoms with Gasteiger partial charge in [-0.3, -0.25) is 4.79 Å². The van der Waals surface area contributed by atoms with Crippen LogP contribution in [-0.2, 0) is 4.79 Å². The van der Waals surface area contributed by atoms with E-state index in [4.69, 9.17) is 0 Å². The molecule has 0 saturated carbocycles. The molecular formula is C17H14F2N4O2. The number of nitrogens with zero attached hydrogens (tertiary/aromatic N) is 1. The van der Waals surface area contributed by atoms with Gasteiger partial charge in [0.05, 0.1) is 16.6 Å². The third-order valence-electron chi connectivity index (χ3n) is 4.18. The molecule has 0 radical (unpaired) electrons. The van der Waals surface area contributed by atoms with Gasteiger partial charge in [-0.1, -0.05) is 0 Å². The van der Waals surface area contributed by atoms with Crippen molar-refractivity contribution in [3.8, 4) is 11.4 Å². The van der Waals surface area contributed by atoms with Crippen LogP contribution in [0.5, 0.6) is 0 Å². The van der Waals surface area contributed by atoms with Crippen LogP contribution in [0.25, 0.3) is 22.4 Å². The molecule has 0 spiro atoms. The summed E-state index contributed by atoms with van der Waals surface area (Å²) in [7, 11) is 0. The van der Waals surface area contributed by atoms with Gasteiger partial charge in [0.1, 0.15) is 17.5 Å². The SMILES string of the molecule is O=C(Nc1ccc2nc(-c3cc(F)ccc3F)[nH]c2c1)C1(O)CNC1. The van der Waals surface area contributed by atoms with Crippen LogP contribution in [0.2, 0.25) is 0 Å². The first-order valence-electron chi connectivity index (χ1n) is 7.64. The molecule has 25 heavy (non-hydrogen) atoms. The Labute approximate surface area is 140 Å². The Kier molecular flexibility index (Phi) is 3.52. The Morgan fingerprint density at radius 2 is 2.00 bits per heavy atom. The van der Waals surface area contributed by atoms with Crippen LogP contribution in [0.15, 0.2) is 36.4 Å². The molecule has 1 saturated heterocycles. The van der Waals surface area contributed by atoms with Crippen LogP contribution in [0.3, 0.4) is 0 Å². The summed E-state index contributed by atoms with van der Waals surface area (Å²) < 4.78 is 27.3. The first-order valence-corrected chi connectivity index (χ1v) is 7.64. The average molecular weight is 344 g/mol. The van der Waals surface area contributed by atoms with Crippen LogP contribution >= 0.6 is 0 Å². The number of carbonyl (C=O) groups excluding carboxylic acids is 1. The fourth-order valence-electron chi connectivity index (χ4n) is 2.66. The first-order chi connectivity index (χ1) is 11.9. The minimum atomic E-state index is -1.40. The Morgan fingerprint density at radius 3 is 2.72 bits per heavy atom. The number of hydrogen-bond donors (Lipinski definition) is 4. The zero-order valence-corrected chi connectivity index (χ0v) is 12.9.